The zero-order valence-electron chi connectivity index (χ0n) is 18.2. The Bertz CT molecular complexity index is 552. The van der Waals surface area contributed by atoms with E-state index in [9.17, 15) is 19.2 Å². The van der Waals surface area contributed by atoms with E-state index in [2.05, 4.69) is 35.0 Å². The maximum atomic E-state index is 10.6. The van der Waals surface area contributed by atoms with Crippen molar-refractivity contribution < 1.29 is 39.6 Å². The van der Waals surface area contributed by atoms with E-state index in [1.165, 1.54) is 0 Å². The molecule has 0 heterocycles. The van der Waals surface area contributed by atoms with Gasteiger partial charge in [-0.05, 0) is 34.0 Å². The molecule has 178 valence electrons. The molecule has 31 heavy (non-hydrogen) atoms. The maximum absolute atomic E-state index is 10.6. The first-order valence-electron chi connectivity index (χ1n) is 9.52. The third-order valence-corrected chi connectivity index (χ3v) is 3.34. The van der Waals surface area contributed by atoms with Gasteiger partial charge in [0.15, 0.2) is 0 Å². The molecule has 0 saturated carbocycles. The fourth-order valence-electron chi connectivity index (χ4n) is 2.11. The summed E-state index contributed by atoms with van der Waals surface area (Å²) >= 11 is 0. The normalized spacial score (nSPS) is 10.3. The van der Waals surface area contributed by atoms with Crippen molar-refractivity contribution in [1.29, 1.82) is 0 Å². The molecule has 0 aliphatic heterocycles. The number of carboxylic acid groups (broad SMARTS) is 4. The number of rotatable bonds is 16. The molecule has 0 spiro atoms. The van der Waals surface area contributed by atoms with Gasteiger partial charge in [-0.2, -0.15) is 0 Å². The quantitative estimate of drug-likeness (QED) is 0.169. The van der Waals surface area contributed by atoms with Crippen LogP contribution in [0, 0.1) is 0 Å². The van der Waals surface area contributed by atoms with Crippen LogP contribution in [0.25, 0.3) is 0 Å². The predicted octanol–water partition coefficient (Wildman–Crippen LogP) is -0.939. The number of carboxylic acids is 4. The molecule has 0 aromatic carbocycles. The van der Waals surface area contributed by atoms with Crippen molar-refractivity contribution in [2.75, 3.05) is 73.0 Å². The Hall–Kier alpha value is -2.86. The molecule has 0 atom stereocenters. The molecular formula is C18H33N5O8. The Labute approximate surface area is 181 Å². The monoisotopic (exact) mass is 447 g/mol. The highest BCUT2D eigenvalue weighted by atomic mass is 16.4. The Morgan fingerprint density at radius 1 is 0.710 bits per heavy atom. The summed E-state index contributed by atoms with van der Waals surface area (Å²) < 4.78 is 0. The highest BCUT2D eigenvalue weighted by Gasteiger charge is 2.17. The van der Waals surface area contributed by atoms with Crippen molar-refractivity contribution >= 4 is 29.9 Å². The van der Waals surface area contributed by atoms with Crippen LogP contribution < -0.4 is 0 Å². The van der Waals surface area contributed by atoms with E-state index in [4.69, 9.17) is 20.4 Å². The van der Waals surface area contributed by atoms with Crippen molar-refractivity contribution in [3.63, 3.8) is 0 Å². The second-order valence-corrected chi connectivity index (χ2v) is 6.61. The average Bonchev–Trinajstić information content (AvgIpc) is 2.61. The van der Waals surface area contributed by atoms with Crippen molar-refractivity contribution in [1.82, 2.24) is 14.7 Å². The van der Waals surface area contributed by atoms with E-state index >= 15 is 0 Å². The molecule has 4 N–H and O–H groups in total. The molecule has 0 bridgehead atoms. The van der Waals surface area contributed by atoms with Crippen LogP contribution in [0.3, 0.4) is 0 Å². The highest BCUT2D eigenvalue weighted by molar-refractivity contribution is 5.73. The SMILES string of the molecule is CCN=C=NCCCN(C)C.O=C(O)CN(CCN(CC(=O)O)CC(=O)O)CC(=O)O. The maximum Gasteiger partial charge on any atom is 0.317 e. The second-order valence-electron chi connectivity index (χ2n) is 6.61. The number of aliphatic carboxylic acids is 4. The summed E-state index contributed by atoms with van der Waals surface area (Å²) in [5.41, 5.74) is 0. The fourth-order valence-corrected chi connectivity index (χ4v) is 2.11. The molecule has 13 heteroatoms. The minimum absolute atomic E-state index is 0.0703. The molecule has 0 aliphatic carbocycles. The first-order chi connectivity index (χ1) is 14.5. The van der Waals surface area contributed by atoms with Gasteiger partial charge in [0, 0.05) is 19.6 Å². The van der Waals surface area contributed by atoms with Gasteiger partial charge in [-0.1, -0.05) is 0 Å². The molecular weight excluding hydrogens is 414 g/mol. The first-order valence-corrected chi connectivity index (χ1v) is 9.52. The number of hydrogen-bond donors (Lipinski definition) is 4. The van der Waals surface area contributed by atoms with Crippen LogP contribution in [0.15, 0.2) is 9.98 Å². The van der Waals surface area contributed by atoms with Gasteiger partial charge >= 0.3 is 23.9 Å². The lowest BCUT2D eigenvalue weighted by molar-refractivity contribution is -0.145. The van der Waals surface area contributed by atoms with E-state index in [1.54, 1.807) is 0 Å². The van der Waals surface area contributed by atoms with Gasteiger partial charge in [0.05, 0.1) is 38.7 Å². The smallest absolute Gasteiger partial charge is 0.317 e. The molecule has 0 rings (SSSR count). The van der Waals surface area contributed by atoms with Crippen molar-refractivity contribution in [2.24, 2.45) is 9.98 Å². The lowest BCUT2D eigenvalue weighted by Gasteiger charge is -2.23. The van der Waals surface area contributed by atoms with Crippen LogP contribution in [0.2, 0.25) is 0 Å². The van der Waals surface area contributed by atoms with Crippen LogP contribution in [-0.4, -0.2) is 138 Å². The lowest BCUT2D eigenvalue weighted by Crippen LogP contribution is -2.43. The molecule has 13 nitrogen and oxygen atoms in total. The van der Waals surface area contributed by atoms with E-state index in [1.807, 2.05) is 6.92 Å². The van der Waals surface area contributed by atoms with E-state index in [0.29, 0.717) is 0 Å². The Morgan fingerprint density at radius 3 is 1.39 bits per heavy atom. The summed E-state index contributed by atoms with van der Waals surface area (Å²) in [5, 5.41) is 34.5. The van der Waals surface area contributed by atoms with E-state index in [0.717, 1.165) is 35.9 Å². The molecule has 0 amide bonds. The minimum Gasteiger partial charge on any atom is -0.480 e. The summed E-state index contributed by atoms with van der Waals surface area (Å²) in [6.07, 6.45) is 1.08. The largest absolute Gasteiger partial charge is 0.480 e. The van der Waals surface area contributed by atoms with Crippen LogP contribution in [0.1, 0.15) is 13.3 Å². The zero-order valence-corrected chi connectivity index (χ0v) is 18.2. The molecule has 0 fully saturated rings. The number of hydrogen-bond acceptors (Lipinski definition) is 9. The van der Waals surface area contributed by atoms with E-state index < -0.39 is 50.1 Å². The third kappa shape index (κ3) is 25.1. The summed E-state index contributed by atoms with van der Waals surface area (Å²) in [4.78, 5) is 54.4. The summed E-state index contributed by atoms with van der Waals surface area (Å²) in [7, 11) is 4.12. The van der Waals surface area contributed by atoms with Gasteiger partial charge in [-0.25, -0.2) is 9.98 Å². The number of carbonyl (C=O) groups is 4. The number of nitrogens with zero attached hydrogens (tertiary/aromatic N) is 5. The fraction of sp³-hybridized carbons (Fsp3) is 0.722. The van der Waals surface area contributed by atoms with Gasteiger partial charge in [0.2, 0.25) is 0 Å². The predicted molar refractivity (Wildman–Crippen MR) is 112 cm³/mol. The van der Waals surface area contributed by atoms with Crippen molar-refractivity contribution in [2.45, 2.75) is 13.3 Å². The third-order valence-electron chi connectivity index (χ3n) is 3.34. The first kappa shape index (κ1) is 30.3. The molecule has 0 radical (unpaired) electrons. The van der Waals surface area contributed by atoms with Gasteiger partial charge in [-0.15, -0.1) is 0 Å². The number of aliphatic imine (C=N–C) groups is 2. The zero-order chi connectivity index (χ0) is 24.2. The summed E-state index contributed by atoms with van der Waals surface area (Å²) in [6, 6.07) is 2.64. The van der Waals surface area contributed by atoms with Gasteiger partial charge < -0.3 is 25.3 Å². The van der Waals surface area contributed by atoms with Gasteiger partial charge in [-0.3, -0.25) is 29.0 Å². The molecule has 0 aromatic heterocycles. The lowest BCUT2D eigenvalue weighted by atomic mass is 10.4. The van der Waals surface area contributed by atoms with Crippen LogP contribution in [-0.2, 0) is 19.2 Å². The Morgan fingerprint density at radius 2 is 1.10 bits per heavy atom. The average molecular weight is 447 g/mol. The Balaban J connectivity index is 0. The summed E-state index contributed by atoms with van der Waals surface area (Å²) in [5.74, 6) is -4.91. The topological polar surface area (TPSA) is 184 Å². The molecule has 0 unspecified atom stereocenters. The molecule has 0 saturated heterocycles. The van der Waals surface area contributed by atoms with Gasteiger partial charge in [0.25, 0.3) is 0 Å². The van der Waals surface area contributed by atoms with Crippen LogP contribution in [0.5, 0.6) is 0 Å². The second kappa shape index (κ2) is 19.1. The Kier molecular flexibility index (Phi) is 18.7. The van der Waals surface area contributed by atoms with Crippen LogP contribution >= 0.6 is 0 Å². The van der Waals surface area contributed by atoms with Crippen LogP contribution in [0.4, 0.5) is 0 Å². The van der Waals surface area contributed by atoms with Crippen molar-refractivity contribution in [3.8, 4) is 0 Å². The summed E-state index contributed by atoms with van der Waals surface area (Å²) in [6.45, 7) is 2.41. The molecule has 0 aliphatic rings. The highest BCUT2D eigenvalue weighted by Crippen LogP contribution is 1.94. The van der Waals surface area contributed by atoms with Gasteiger partial charge in [0.1, 0.15) is 0 Å². The standard InChI is InChI=1S/C10H16N2O8.C8H17N3/c13-7(14)3-11(4-8(15)16)1-2-12(5-9(17)18)6-10(19)20;1-4-9-8-10-6-5-7-11(2)3/h1-6H2,(H,13,14)(H,15,16)(H,17,18)(H,19,20);4-7H2,1-3H3. The minimum atomic E-state index is -1.23. The van der Waals surface area contributed by atoms with Crippen molar-refractivity contribution in [3.05, 3.63) is 0 Å². The molecule has 0 aromatic rings. The van der Waals surface area contributed by atoms with E-state index in [-0.39, 0.29) is 13.1 Å².